The summed E-state index contributed by atoms with van der Waals surface area (Å²) in [6.45, 7) is 4.64. The summed E-state index contributed by atoms with van der Waals surface area (Å²) < 4.78 is 0. The van der Waals surface area contributed by atoms with Gasteiger partial charge in [-0.3, -0.25) is 4.79 Å². The van der Waals surface area contributed by atoms with Gasteiger partial charge < -0.3 is 11.1 Å². The number of nitrogens with one attached hydrogen (secondary N) is 1. The maximum atomic E-state index is 12.2. The van der Waals surface area contributed by atoms with Crippen LogP contribution in [0.5, 0.6) is 0 Å². The minimum Gasteiger partial charge on any atom is -0.325 e. The van der Waals surface area contributed by atoms with E-state index in [2.05, 4.69) is 20.7 Å². The molecular weight excluding hydrogens is 388 g/mol. The van der Waals surface area contributed by atoms with Crippen LogP contribution in [-0.4, -0.2) is 32.2 Å². The van der Waals surface area contributed by atoms with Crippen LogP contribution in [0.25, 0.3) is 11.4 Å². The number of nitrogens with zero attached hydrogens (tertiary/aromatic N) is 4. The highest BCUT2D eigenvalue weighted by atomic mass is 35.5. The highest BCUT2D eigenvalue weighted by molar-refractivity contribution is 5.94. The Morgan fingerprint density at radius 2 is 1.83 bits per heavy atom. The van der Waals surface area contributed by atoms with Gasteiger partial charge in [0.05, 0.1) is 12.6 Å². The molecule has 0 fully saturated rings. The molecule has 3 N–H and O–H groups in total. The average Bonchev–Trinajstić information content (AvgIpc) is 3.22. The van der Waals surface area contributed by atoms with E-state index in [0.717, 1.165) is 29.7 Å². The van der Waals surface area contributed by atoms with Crippen LogP contribution in [0.2, 0.25) is 0 Å². The molecule has 0 saturated carbocycles. The van der Waals surface area contributed by atoms with Crippen molar-refractivity contribution in [2.24, 2.45) is 11.7 Å². The first-order chi connectivity index (χ1) is 13.6. The van der Waals surface area contributed by atoms with Gasteiger partial charge in [0.15, 0.2) is 0 Å². The molecule has 8 heteroatoms. The normalized spacial score (nSPS) is 12.7. The summed E-state index contributed by atoms with van der Waals surface area (Å²) in [6.07, 6.45) is 1.64. The Labute approximate surface area is 177 Å². The molecule has 0 spiro atoms. The molecule has 2 unspecified atom stereocenters. The number of amides is 1. The van der Waals surface area contributed by atoms with E-state index in [-0.39, 0.29) is 24.2 Å². The zero-order chi connectivity index (χ0) is 19.9. The Bertz CT molecular complexity index is 897. The molecule has 154 valence electrons. The van der Waals surface area contributed by atoms with Crippen LogP contribution in [0, 0.1) is 5.92 Å². The zero-order valence-electron chi connectivity index (χ0n) is 16.7. The second kappa shape index (κ2) is 10.7. The third-order valence-corrected chi connectivity index (χ3v) is 4.87. The fraction of sp³-hybridized carbons (Fsp3) is 0.333. The molecule has 3 rings (SSSR count). The molecule has 1 heterocycles. The Morgan fingerprint density at radius 3 is 2.48 bits per heavy atom. The van der Waals surface area contributed by atoms with E-state index in [0.29, 0.717) is 12.4 Å². The number of carbonyl (C=O) groups excluding carboxylic acids is 1. The van der Waals surface area contributed by atoms with E-state index >= 15 is 0 Å². The number of benzene rings is 2. The number of hydrogen-bond donors (Lipinski definition) is 2. The highest BCUT2D eigenvalue weighted by Gasteiger charge is 2.19. The van der Waals surface area contributed by atoms with Crippen molar-refractivity contribution in [3.63, 3.8) is 0 Å². The van der Waals surface area contributed by atoms with Crippen molar-refractivity contribution in [3.05, 3.63) is 60.2 Å². The van der Waals surface area contributed by atoms with Crippen molar-refractivity contribution in [1.82, 2.24) is 20.2 Å². The van der Waals surface area contributed by atoms with E-state index in [1.54, 1.807) is 4.80 Å². The zero-order valence-corrected chi connectivity index (χ0v) is 17.5. The molecule has 3 aromatic rings. The molecule has 29 heavy (non-hydrogen) atoms. The minimum absolute atomic E-state index is 0. The van der Waals surface area contributed by atoms with Crippen LogP contribution in [0.3, 0.4) is 0 Å². The van der Waals surface area contributed by atoms with E-state index < -0.39 is 6.04 Å². The average molecular weight is 415 g/mol. The highest BCUT2D eigenvalue weighted by Crippen LogP contribution is 2.14. The van der Waals surface area contributed by atoms with Gasteiger partial charge in [-0.25, -0.2) is 0 Å². The first-order valence-electron chi connectivity index (χ1n) is 9.55. The number of nitrogens with two attached hydrogens (primary N) is 1. The van der Waals surface area contributed by atoms with E-state index in [4.69, 9.17) is 5.73 Å². The second-order valence-corrected chi connectivity index (χ2v) is 6.92. The van der Waals surface area contributed by atoms with E-state index in [1.165, 1.54) is 0 Å². The van der Waals surface area contributed by atoms with Gasteiger partial charge in [-0.05, 0) is 35.2 Å². The molecule has 0 saturated heterocycles. The van der Waals surface area contributed by atoms with Crippen LogP contribution in [-0.2, 0) is 17.8 Å². The first-order valence-corrected chi connectivity index (χ1v) is 9.55. The van der Waals surface area contributed by atoms with Gasteiger partial charge in [0.2, 0.25) is 11.7 Å². The summed E-state index contributed by atoms with van der Waals surface area (Å²) in [5.74, 6) is 0.619. The van der Waals surface area contributed by atoms with Crippen LogP contribution < -0.4 is 11.1 Å². The summed E-state index contributed by atoms with van der Waals surface area (Å²) in [5, 5.41) is 15.5. The Kier molecular flexibility index (Phi) is 8.30. The third kappa shape index (κ3) is 6.10. The van der Waals surface area contributed by atoms with Gasteiger partial charge in [-0.2, -0.15) is 4.80 Å². The molecule has 1 amide bonds. The number of rotatable bonds is 8. The number of anilines is 1. The largest absolute Gasteiger partial charge is 0.325 e. The van der Waals surface area contributed by atoms with Gasteiger partial charge in [0.25, 0.3) is 0 Å². The fourth-order valence-corrected chi connectivity index (χ4v) is 2.76. The van der Waals surface area contributed by atoms with Gasteiger partial charge in [-0.1, -0.05) is 62.7 Å². The molecule has 2 atom stereocenters. The van der Waals surface area contributed by atoms with Crippen molar-refractivity contribution in [1.29, 1.82) is 0 Å². The number of hydrogen-bond acceptors (Lipinski definition) is 5. The molecular formula is C21H27ClN6O. The molecule has 2 aromatic carbocycles. The van der Waals surface area contributed by atoms with Gasteiger partial charge in [0, 0.05) is 11.3 Å². The quantitative estimate of drug-likeness (QED) is 0.589. The summed E-state index contributed by atoms with van der Waals surface area (Å²) in [6, 6.07) is 17.0. The topological polar surface area (TPSA) is 98.7 Å². The second-order valence-electron chi connectivity index (χ2n) is 6.92. The molecule has 1 aromatic heterocycles. The summed E-state index contributed by atoms with van der Waals surface area (Å²) >= 11 is 0. The summed E-state index contributed by atoms with van der Waals surface area (Å²) in [4.78, 5) is 13.8. The van der Waals surface area contributed by atoms with Gasteiger partial charge >= 0.3 is 0 Å². The van der Waals surface area contributed by atoms with Crippen molar-refractivity contribution < 1.29 is 4.79 Å². The monoisotopic (exact) mass is 414 g/mol. The number of halogens is 1. The lowest BCUT2D eigenvalue weighted by molar-refractivity contribution is -0.118. The first kappa shape index (κ1) is 22.5. The maximum Gasteiger partial charge on any atom is 0.241 e. The number of tetrazole rings is 1. The Morgan fingerprint density at radius 1 is 1.14 bits per heavy atom. The summed E-state index contributed by atoms with van der Waals surface area (Å²) in [5.41, 5.74) is 8.79. The molecule has 7 nitrogen and oxygen atoms in total. The van der Waals surface area contributed by atoms with Crippen molar-refractivity contribution in [3.8, 4) is 11.4 Å². The minimum atomic E-state index is -0.498. The number of aryl methyl sites for hydroxylation is 2. The molecule has 0 aliphatic heterocycles. The van der Waals surface area contributed by atoms with Gasteiger partial charge in [-0.15, -0.1) is 22.6 Å². The van der Waals surface area contributed by atoms with Crippen molar-refractivity contribution in [2.75, 3.05) is 5.32 Å². The standard InChI is InChI=1S/C21H26N6O.ClH/c1-3-15(2)19(22)21(28)23-18-11-9-16(10-12-18)13-14-27-25-20(24-26-27)17-7-5-4-6-8-17;/h4-12,15,19H,3,13-14,22H2,1-2H3,(H,23,28);1H. The van der Waals surface area contributed by atoms with Crippen LogP contribution in [0.1, 0.15) is 25.8 Å². The Hall–Kier alpha value is -2.77. The lowest BCUT2D eigenvalue weighted by atomic mass is 9.99. The SMILES string of the molecule is CCC(C)C(N)C(=O)Nc1ccc(CCn2nnc(-c3ccccc3)n2)cc1.Cl. The van der Waals surface area contributed by atoms with Crippen molar-refractivity contribution >= 4 is 24.0 Å². The van der Waals surface area contributed by atoms with Gasteiger partial charge in [0.1, 0.15) is 0 Å². The van der Waals surface area contributed by atoms with Crippen LogP contribution in [0.4, 0.5) is 5.69 Å². The van der Waals surface area contributed by atoms with E-state index in [1.807, 2.05) is 68.4 Å². The molecule has 0 bridgehead atoms. The predicted octanol–water partition coefficient (Wildman–Crippen LogP) is 3.32. The maximum absolute atomic E-state index is 12.2. The smallest absolute Gasteiger partial charge is 0.241 e. The lowest BCUT2D eigenvalue weighted by Crippen LogP contribution is -2.40. The lowest BCUT2D eigenvalue weighted by Gasteiger charge is -2.17. The third-order valence-electron chi connectivity index (χ3n) is 4.87. The molecule has 0 radical (unpaired) electrons. The fourth-order valence-electron chi connectivity index (χ4n) is 2.76. The van der Waals surface area contributed by atoms with Crippen LogP contribution in [0.15, 0.2) is 54.6 Å². The summed E-state index contributed by atoms with van der Waals surface area (Å²) in [7, 11) is 0. The molecule has 0 aliphatic rings. The van der Waals surface area contributed by atoms with E-state index in [9.17, 15) is 4.79 Å². The predicted molar refractivity (Wildman–Crippen MR) is 117 cm³/mol. The van der Waals surface area contributed by atoms with Crippen LogP contribution >= 0.6 is 12.4 Å². The molecule has 0 aliphatic carbocycles. The number of aromatic nitrogens is 4. The Balaban J connectivity index is 0.00000300. The van der Waals surface area contributed by atoms with Crippen molar-refractivity contribution in [2.45, 2.75) is 39.3 Å². The number of carbonyl (C=O) groups is 1.